The van der Waals surface area contributed by atoms with Crippen LogP contribution in [-0.2, 0) is 4.74 Å². The van der Waals surface area contributed by atoms with Crippen molar-refractivity contribution in [2.24, 2.45) is 10.8 Å². The van der Waals surface area contributed by atoms with Crippen molar-refractivity contribution in [3.05, 3.63) is 0 Å². The molecule has 0 aromatic rings. The first kappa shape index (κ1) is 11.4. The Morgan fingerprint density at radius 2 is 1.80 bits per heavy atom. The summed E-state index contributed by atoms with van der Waals surface area (Å²) in [5, 5.41) is 3.66. The molecule has 15 heavy (non-hydrogen) atoms. The fraction of sp³-hybridized carbons (Fsp3) is 1.00. The Kier molecular flexibility index (Phi) is 2.44. The molecule has 2 heteroatoms. The fourth-order valence-corrected chi connectivity index (χ4v) is 3.70. The lowest BCUT2D eigenvalue weighted by Crippen LogP contribution is -2.69. The monoisotopic (exact) mass is 211 g/mol. The summed E-state index contributed by atoms with van der Waals surface area (Å²) >= 11 is 0. The molecular formula is C13H25NO. The summed E-state index contributed by atoms with van der Waals surface area (Å²) in [6, 6.07) is 0.506. The molecule has 2 fully saturated rings. The Bertz CT molecular complexity index is 244. The number of ether oxygens (including phenoxy) is 1. The van der Waals surface area contributed by atoms with E-state index in [1.165, 1.54) is 12.8 Å². The lowest BCUT2D eigenvalue weighted by atomic mass is 9.54. The number of hydrogen-bond acceptors (Lipinski definition) is 2. The normalized spacial score (nSPS) is 33.8. The van der Waals surface area contributed by atoms with Gasteiger partial charge < -0.3 is 10.1 Å². The maximum absolute atomic E-state index is 6.11. The van der Waals surface area contributed by atoms with Crippen LogP contribution in [0.3, 0.4) is 0 Å². The minimum Gasteiger partial charge on any atom is -0.372 e. The molecule has 88 valence electrons. The lowest BCUT2D eigenvalue weighted by molar-refractivity contribution is -0.210. The first-order valence-corrected chi connectivity index (χ1v) is 6.13. The van der Waals surface area contributed by atoms with Crippen molar-refractivity contribution in [1.29, 1.82) is 0 Å². The summed E-state index contributed by atoms with van der Waals surface area (Å²) in [7, 11) is 0. The summed E-state index contributed by atoms with van der Waals surface area (Å²) in [4.78, 5) is 0. The SMILES string of the molecule is CC1(C)CC2(C1)OCCNC2C(C)(C)C. The maximum atomic E-state index is 6.11. The average molecular weight is 211 g/mol. The molecule has 1 spiro atoms. The van der Waals surface area contributed by atoms with Gasteiger partial charge in [0.05, 0.1) is 12.2 Å². The molecule has 1 saturated heterocycles. The Labute approximate surface area is 93.8 Å². The first-order valence-electron chi connectivity index (χ1n) is 6.13. The predicted molar refractivity (Wildman–Crippen MR) is 62.9 cm³/mol. The predicted octanol–water partition coefficient (Wildman–Crippen LogP) is 2.58. The summed E-state index contributed by atoms with van der Waals surface area (Å²) < 4.78 is 6.11. The van der Waals surface area contributed by atoms with E-state index in [4.69, 9.17) is 4.74 Å². The zero-order valence-electron chi connectivity index (χ0n) is 10.8. The molecule has 1 saturated carbocycles. The third-order valence-electron chi connectivity index (χ3n) is 3.79. The minimum atomic E-state index is 0.125. The van der Waals surface area contributed by atoms with E-state index in [0.717, 1.165) is 13.2 Å². The van der Waals surface area contributed by atoms with Gasteiger partial charge in [0, 0.05) is 12.6 Å². The molecule has 1 N–H and O–H groups in total. The minimum absolute atomic E-state index is 0.125. The molecule has 1 unspecified atom stereocenters. The molecule has 0 aromatic heterocycles. The van der Waals surface area contributed by atoms with Crippen LogP contribution in [0.1, 0.15) is 47.5 Å². The molecule has 1 aliphatic carbocycles. The largest absolute Gasteiger partial charge is 0.372 e. The second-order valence-electron chi connectivity index (χ2n) is 7.18. The highest BCUT2D eigenvalue weighted by atomic mass is 16.5. The van der Waals surface area contributed by atoms with Gasteiger partial charge in [-0.2, -0.15) is 0 Å². The molecule has 1 atom stereocenters. The van der Waals surface area contributed by atoms with Gasteiger partial charge >= 0.3 is 0 Å². The van der Waals surface area contributed by atoms with Crippen molar-refractivity contribution < 1.29 is 4.74 Å². The highest BCUT2D eigenvalue weighted by molar-refractivity contribution is 5.12. The van der Waals surface area contributed by atoms with E-state index in [1.807, 2.05) is 0 Å². The Balaban J connectivity index is 2.15. The molecule has 0 bridgehead atoms. The van der Waals surface area contributed by atoms with Crippen molar-refractivity contribution >= 4 is 0 Å². The first-order chi connectivity index (χ1) is 6.75. The number of hydrogen-bond donors (Lipinski definition) is 1. The summed E-state index contributed by atoms with van der Waals surface area (Å²) in [6.45, 7) is 13.5. The highest BCUT2D eigenvalue weighted by Gasteiger charge is 2.58. The van der Waals surface area contributed by atoms with Gasteiger partial charge in [-0.05, 0) is 23.7 Å². The van der Waals surface area contributed by atoms with Crippen LogP contribution in [0.4, 0.5) is 0 Å². The second-order valence-corrected chi connectivity index (χ2v) is 7.18. The van der Waals surface area contributed by atoms with Crippen LogP contribution in [0.2, 0.25) is 0 Å². The van der Waals surface area contributed by atoms with E-state index in [1.54, 1.807) is 0 Å². The van der Waals surface area contributed by atoms with Crippen LogP contribution in [0.25, 0.3) is 0 Å². The maximum Gasteiger partial charge on any atom is 0.0850 e. The van der Waals surface area contributed by atoms with Gasteiger partial charge in [0.25, 0.3) is 0 Å². The van der Waals surface area contributed by atoms with Gasteiger partial charge in [-0.15, -0.1) is 0 Å². The molecular weight excluding hydrogens is 186 g/mol. The van der Waals surface area contributed by atoms with E-state index in [-0.39, 0.29) is 11.0 Å². The lowest BCUT2D eigenvalue weighted by Gasteiger charge is -2.61. The van der Waals surface area contributed by atoms with Crippen LogP contribution < -0.4 is 5.32 Å². The quantitative estimate of drug-likeness (QED) is 0.665. The Morgan fingerprint density at radius 1 is 1.20 bits per heavy atom. The smallest absolute Gasteiger partial charge is 0.0850 e. The zero-order valence-corrected chi connectivity index (χ0v) is 10.8. The second kappa shape index (κ2) is 3.21. The number of morpholine rings is 1. The van der Waals surface area contributed by atoms with Crippen molar-refractivity contribution in [3.63, 3.8) is 0 Å². The third kappa shape index (κ3) is 1.94. The molecule has 2 rings (SSSR count). The van der Waals surface area contributed by atoms with Crippen LogP contribution in [-0.4, -0.2) is 24.8 Å². The number of nitrogens with one attached hydrogen (secondary N) is 1. The van der Waals surface area contributed by atoms with Crippen molar-refractivity contribution in [1.82, 2.24) is 5.32 Å². The third-order valence-corrected chi connectivity index (χ3v) is 3.79. The van der Waals surface area contributed by atoms with Crippen LogP contribution in [0.5, 0.6) is 0 Å². The fourth-order valence-electron chi connectivity index (χ4n) is 3.70. The molecule has 2 nitrogen and oxygen atoms in total. The van der Waals surface area contributed by atoms with E-state index in [2.05, 4.69) is 39.9 Å². The van der Waals surface area contributed by atoms with E-state index in [9.17, 15) is 0 Å². The average Bonchev–Trinajstić information content (AvgIpc) is 1.98. The standard InChI is InChI=1S/C13H25NO/c1-11(2,3)10-13(15-7-6-14-10)8-12(4,5)9-13/h10,14H,6-9H2,1-5H3. The van der Waals surface area contributed by atoms with Crippen LogP contribution in [0.15, 0.2) is 0 Å². The van der Waals surface area contributed by atoms with Gasteiger partial charge in [0.15, 0.2) is 0 Å². The van der Waals surface area contributed by atoms with Gasteiger partial charge in [-0.1, -0.05) is 34.6 Å². The summed E-state index contributed by atoms with van der Waals surface area (Å²) in [6.07, 6.45) is 2.41. The summed E-state index contributed by atoms with van der Waals surface area (Å²) in [5.41, 5.74) is 0.888. The Morgan fingerprint density at radius 3 is 2.27 bits per heavy atom. The molecule has 1 heterocycles. The Hall–Kier alpha value is -0.0800. The summed E-state index contributed by atoms with van der Waals surface area (Å²) in [5.74, 6) is 0. The van der Waals surface area contributed by atoms with Crippen molar-refractivity contribution in [2.75, 3.05) is 13.2 Å². The molecule has 0 aromatic carbocycles. The van der Waals surface area contributed by atoms with Gasteiger partial charge in [-0.3, -0.25) is 0 Å². The molecule has 1 aliphatic heterocycles. The van der Waals surface area contributed by atoms with Crippen LogP contribution >= 0.6 is 0 Å². The van der Waals surface area contributed by atoms with E-state index >= 15 is 0 Å². The number of rotatable bonds is 0. The van der Waals surface area contributed by atoms with E-state index in [0.29, 0.717) is 11.5 Å². The van der Waals surface area contributed by atoms with Gasteiger partial charge in [0.2, 0.25) is 0 Å². The van der Waals surface area contributed by atoms with Gasteiger partial charge in [0.1, 0.15) is 0 Å². The highest BCUT2D eigenvalue weighted by Crippen LogP contribution is 2.55. The zero-order chi connectivity index (χ0) is 11.3. The van der Waals surface area contributed by atoms with E-state index < -0.39 is 0 Å². The topological polar surface area (TPSA) is 21.3 Å². The van der Waals surface area contributed by atoms with Gasteiger partial charge in [-0.25, -0.2) is 0 Å². The van der Waals surface area contributed by atoms with Crippen LogP contribution in [0, 0.1) is 10.8 Å². The molecule has 2 aliphatic rings. The molecule has 0 amide bonds. The van der Waals surface area contributed by atoms with Crippen molar-refractivity contribution in [2.45, 2.75) is 59.1 Å². The molecule has 0 radical (unpaired) electrons. The van der Waals surface area contributed by atoms with Crippen molar-refractivity contribution in [3.8, 4) is 0 Å².